The highest BCUT2D eigenvalue weighted by Gasteiger charge is 2.23. The van der Waals surface area contributed by atoms with E-state index in [1.807, 2.05) is 24.3 Å². The maximum Gasteiger partial charge on any atom is 0.261 e. The molecule has 2 atom stereocenters. The molecular weight excluding hydrogens is 538 g/mol. The predicted octanol–water partition coefficient (Wildman–Crippen LogP) is 4.70. The molecule has 9 heteroatoms. The summed E-state index contributed by atoms with van der Waals surface area (Å²) in [5.41, 5.74) is 5.56. The number of Topliss-reactive ketones (excluding diaryl/α,β-unsaturated/α-hetero) is 1. The molecule has 2 heterocycles. The number of aromatic nitrogens is 1. The van der Waals surface area contributed by atoms with Crippen molar-refractivity contribution >= 4 is 21.5 Å². The Hall–Kier alpha value is -4.05. The number of pyridine rings is 1. The van der Waals surface area contributed by atoms with E-state index >= 15 is 0 Å². The highest BCUT2D eigenvalue weighted by Crippen LogP contribution is 2.33. The van der Waals surface area contributed by atoms with E-state index in [2.05, 4.69) is 21.1 Å². The Bertz CT molecular complexity index is 1690. The minimum absolute atomic E-state index is 0.00803. The standard InChI is InChI=1S/C32H31N3O5S/c36-30-12-7-23-16-26(9-11-29(23)30)35-41(38,39)28-5-1-3-21(17-28)22-8-13-32-24(15-22)6-10-27(40-32)19-34-20-31(37)25-4-2-14-33-18-25/h1-5,8-9,11,13-18,27,31,34-35,37H,6-7,10,12,19-20H2. The van der Waals surface area contributed by atoms with E-state index in [-0.39, 0.29) is 16.8 Å². The quantitative estimate of drug-likeness (QED) is 0.268. The van der Waals surface area contributed by atoms with Gasteiger partial charge in [-0.3, -0.25) is 14.5 Å². The van der Waals surface area contributed by atoms with E-state index in [0.717, 1.165) is 46.4 Å². The molecule has 2 unspecified atom stereocenters. The van der Waals surface area contributed by atoms with Crippen molar-refractivity contribution in [3.63, 3.8) is 0 Å². The molecule has 0 fully saturated rings. The first-order valence-corrected chi connectivity index (χ1v) is 15.2. The minimum Gasteiger partial charge on any atom is -0.489 e. The molecule has 0 radical (unpaired) electrons. The monoisotopic (exact) mass is 569 g/mol. The van der Waals surface area contributed by atoms with E-state index in [9.17, 15) is 18.3 Å². The number of rotatable bonds is 9. The van der Waals surface area contributed by atoms with Gasteiger partial charge in [-0.25, -0.2) is 8.42 Å². The van der Waals surface area contributed by atoms with Gasteiger partial charge in [0, 0.05) is 48.7 Å². The van der Waals surface area contributed by atoms with Crippen LogP contribution in [-0.2, 0) is 22.9 Å². The molecule has 0 saturated carbocycles. The average Bonchev–Trinajstić information content (AvgIpc) is 3.36. The van der Waals surface area contributed by atoms with Crippen molar-refractivity contribution in [1.82, 2.24) is 10.3 Å². The van der Waals surface area contributed by atoms with Gasteiger partial charge in [0.2, 0.25) is 0 Å². The molecule has 41 heavy (non-hydrogen) atoms. The van der Waals surface area contributed by atoms with Crippen LogP contribution in [0, 0.1) is 0 Å². The number of aliphatic hydroxyl groups is 1. The highest BCUT2D eigenvalue weighted by atomic mass is 32.2. The number of ether oxygens (including phenoxy) is 1. The van der Waals surface area contributed by atoms with Crippen LogP contribution in [0.5, 0.6) is 5.75 Å². The minimum atomic E-state index is -3.82. The molecule has 0 saturated heterocycles. The van der Waals surface area contributed by atoms with Gasteiger partial charge in [-0.1, -0.05) is 24.3 Å². The number of benzene rings is 3. The second-order valence-electron chi connectivity index (χ2n) is 10.5. The van der Waals surface area contributed by atoms with E-state index in [1.165, 1.54) is 0 Å². The van der Waals surface area contributed by atoms with Crippen LogP contribution in [0.15, 0.2) is 90.1 Å². The van der Waals surface area contributed by atoms with E-state index in [4.69, 9.17) is 4.74 Å². The van der Waals surface area contributed by atoms with Crippen LogP contribution in [0.1, 0.15) is 46.0 Å². The first-order chi connectivity index (χ1) is 19.9. The number of aliphatic hydroxyl groups excluding tert-OH is 1. The summed E-state index contributed by atoms with van der Waals surface area (Å²) < 4.78 is 35.3. The molecule has 2 aliphatic rings. The molecule has 6 rings (SSSR count). The first kappa shape index (κ1) is 27.1. The summed E-state index contributed by atoms with van der Waals surface area (Å²) in [6, 6.07) is 21.6. The molecule has 3 aromatic carbocycles. The summed E-state index contributed by atoms with van der Waals surface area (Å²) in [6.07, 6.45) is 5.47. The Kier molecular flexibility index (Phi) is 7.57. The van der Waals surface area contributed by atoms with Gasteiger partial charge in [0.1, 0.15) is 11.9 Å². The third-order valence-electron chi connectivity index (χ3n) is 7.63. The van der Waals surface area contributed by atoms with Crippen LogP contribution in [0.2, 0.25) is 0 Å². The predicted molar refractivity (Wildman–Crippen MR) is 157 cm³/mol. The second kappa shape index (κ2) is 11.4. The molecule has 1 aliphatic heterocycles. The Morgan fingerprint density at radius 3 is 2.68 bits per heavy atom. The zero-order valence-electron chi connectivity index (χ0n) is 22.4. The maximum atomic E-state index is 13.2. The molecule has 210 valence electrons. The SMILES string of the molecule is O=C1CCc2cc(NS(=O)(=O)c3cccc(-c4ccc5c(c4)CCC(CNCC(O)c4cccnc4)O5)c3)ccc21. The number of hydrogen-bond acceptors (Lipinski definition) is 7. The van der Waals surface area contributed by atoms with Gasteiger partial charge < -0.3 is 15.2 Å². The van der Waals surface area contributed by atoms with E-state index in [1.54, 1.807) is 54.9 Å². The van der Waals surface area contributed by atoms with Crippen LogP contribution in [-0.4, -0.2) is 43.5 Å². The lowest BCUT2D eigenvalue weighted by Gasteiger charge is -2.27. The van der Waals surface area contributed by atoms with Crippen LogP contribution >= 0.6 is 0 Å². The van der Waals surface area contributed by atoms with Crippen LogP contribution < -0.4 is 14.8 Å². The van der Waals surface area contributed by atoms with Crippen molar-refractivity contribution in [3.05, 3.63) is 107 Å². The van der Waals surface area contributed by atoms with Crippen molar-refractivity contribution < 1.29 is 23.1 Å². The number of carbonyl (C=O) groups is 1. The third kappa shape index (κ3) is 6.02. The number of nitrogens with zero attached hydrogens (tertiary/aromatic N) is 1. The molecule has 0 amide bonds. The second-order valence-corrected chi connectivity index (χ2v) is 12.2. The first-order valence-electron chi connectivity index (χ1n) is 13.7. The number of sulfonamides is 1. The normalized spacial score (nSPS) is 16.9. The molecular formula is C32H31N3O5S. The molecule has 1 aromatic heterocycles. The van der Waals surface area contributed by atoms with E-state index in [0.29, 0.717) is 37.2 Å². The fraction of sp³-hybridized carbons (Fsp3) is 0.250. The number of carbonyl (C=O) groups excluding carboxylic acids is 1. The Morgan fingerprint density at radius 2 is 1.83 bits per heavy atom. The third-order valence-corrected chi connectivity index (χ3v) is 9.00. The van der Waals surface area contributed by atoms with Gasteiger partial charge in [0.25, 0.3) is 10.0 Å². The lowest BCUT2D eigenvalue weighted by molar-refractivity contribution is 0.0994. The van der Waals surface area contributed by atoms with Crippen LogP contribution in [0.4, 0.5) is 5.69 Å². The van der Waals surface area contributed by atoms with Gasteiger partial charge in [0.15, 0.2) is 5.78 Å². The number of ketones is 1. The fourth-order valence-electron chi connectivity index (χ4n) is 5.42. The zero-order chi connectivity index (χ0) is 28.4. The van der Waals surface area contributed by atoms with Gasteiger partial charge in [-0.2, -0.15) is 0 Å². The van der Waals surface area contributed by atoms with Crippen molar-refractivity contribution in [1.29, 1.82) is 0 Å². The summed E-state index contributed by atoms with van der Waals surface area (Å²) in [5, 5.41) is 13.6. The lowest BCUT2D eigenvalue weighted by Crippen LogP contribution is -2.36. The summed E-state index contributed by atoms with van der Waals surface area (Å²) in [4.78, 5) is 16.1. The number of fused-ring (bicyclic) bond motifs is 2. The smallest absolute Gasteiger partial charge is 0.261 e. The molecule has 4 aromatic rings. The fourth-order valence-corrected chi connectivity index (χ4v) is 6.51. The largest absolute Gasteiger partial charge is 0.489 e. The van der Waals surface area contributed by atoms with E-state index < -0.39 is 16.1 Å². The number of anilines is 1. The van der Waals surface area contributed by atoms with Crippen LogP contribution in [0.25, 0.3) is 11.1 Å². The molecule has 0 spiro atoms. The summed E-state index contributed by atoms with van der Waals surface area (Å²) >= 11 is 0. The van der Waals surface area contributed by atoms with Gasteiger partial charge in [-0.15, -0.1) is 0 Å². The number of nitrogens with one attached hydrogen (secondary N) is 2. The molecule has 8 nitrogen and oxygen atoms in total. The Morgan fingerprint density at radius 1 is 0.951 bits per heavy atom. The summed E-state index contributed by atoms with van der Waals surface area (Å²) in [6.45, 7) is 1.03. The van der Waals surface area contributed by atoms with Crippen molar-refractivity contribution in [2.75, 3.05) is 17.8 Å². The summed E-state index contributed by atoms with van der Waals surface area (Å²) in [7, 11) is -3.82. The Balaban J connectivity index is 1.10. The Labute approximate surface area is 239 Å². The summed E-state index contributed by atoms with van der Waals surface area (Å²) in [5.74, 6) is 0.918. The van der Waals surface area contributed by atoms with Crippen LogP contribution in [0.3, 0.4) is 0 Å². The topological polar surface area (TPSA) is 118 Å². The lowest BCUT2D eigenvalue weighted by atomic mass is 9.97. The number of aryl methyl sites for hydroxylation is 2. The zero-order valence-corrected chi connectivity index (χ0v) is 23.2. The molecule has 3 N–H and O–H groups in total. The maximum absolute atomic E-state index is 13.2. The van der Waals surface area contributed by atoms with Gasteiger partial charge in [-0.05, 0) is 90.0 Å². The highest BCUT2D eigenvalue weighted by molar-refractivity contribution is 7.92. The van der Waals surface area contributed by atoms with Gasteiger partial charge in [0.05, 0.1) is 11.0 Å². The molecule has 0 bridgehead atoms. The van der Waals surface area contributed by atoms with Gasteiger partial charge >= 0.3 is 0 Å². The molecule has 1 aliphatic carbocycles. The van der Waals surface area contributed by atoms with Crippen molar-refractivity contribution in [2.24, 2.45) is 0 Å². The van der Waals surface area contributed by atoms with Crippen molar-refractivity contribution in [3.8, 4) is 16.9 Å². The van der Waals surface area contributed by atoms with Crippen molar-refractivity contribution in [2.45, 2.75) is 42.8 Å². The number of hydrogen-bond donors (Lipinski definition) is 3. The average molecular weight is 570 g/mol.